The van der Waals surface area contributed by atoms with E-state index in [9.17, 15) is 9.59 Å². The van der Waals surface area contributed by atoms with Crippen molar-refractivity contribution in [1.82, 2.24) is 4.90 Å². The van der Waals surface area contributed by atoms with Gasteiger partial charge in [0.25, 0.3) is 0 Å². The second kappa shape index (κ2) is 6.37. The average Bonchev–Trinajstić information content (AvgIpc) is 2.35. The smallest absolute Gasteiger partial charge is 0.316 e. The number of nitrogens with one attached hydrogen (secondary N) is 1. The summed E-state index contributed by atoms with van der Waals surface area (Å²) in [7, 11) is 0. The van der Waals surface area contributed by atoms with Crippen molar-refractivity contribution >= 4 is 17.5 Å². The predicted molar refractivity (Wildman–Crippen MR) is 82.1 cm³/mol. The number of benzene rings is 1. The second-order valence-electron chi connectivity index (χ2n) is 5.63. The van der Waals surface area contributed by atoms with Crippen molar-refractivity contribution in [1.29, 1.82) is 0 Å². The Morgan fingerprint density at radius 1 is 1.25 bits per heavy atom. The third kappa shape index (κ3) is 4.23. The molecule has 0 aliphatic rings. The van der Waals surface area contributed by atoms with E-state index in [4.69, 9.17) is 0 Å². The van der Waals surface area contributed by atoms with E-state index >= 15 is 0 Å². The summed E-state index contributed by atoms with van der Waals surface area (Å²) in [6, 6.07) is 6.67. The first-order valence-electron chi connectivity index (χ1n) is 6.56. The third-order valence-corrected chi connectivity index (χ3v) is 2.91. The average molecular weight is 274 g/mol. The molecule has 0 unspecified atom stereocenters. The predicted octanol–water partition coefficient (Wildman–Crippen LogP) is 3.71. The van der Waals surface area contributed by atoms with Gasteiger partial charge < -0.3 is 10.2 Å². The van der Waals surface area contributed by atoms with E-state index in [2.05, 4.69) is 11.9 Å². The summed E-state index contributed by atoms with van der Waals surface area (Å²) in [6.07, 6.45) is 1.70. The number of Topliss-reactive ketones (excluding diaryl/α,β-unsaturated/α-hetero) is 1. The van der Waals surface area contributed by atoms with E-state index in [-0.39, 0.29) is 17.4 Å². The summed E-state index contributed by atoms with van der Waals surface area (Å²) in [4.78, 5) is 25.2. The van der Waals surface area contributed by atoms with Gasteiger partial charge in [0.1, 0.15) is 0 Å². The van der Waals surface area contributed by atoms with Gasteiger partial charge >= 0.3 is 6.03 Å². The van der Waals surface area contributed by atoms with Crippen LogP contribution in [0.3, 0.4) is 0 Å². The molecule has 108 valence electrons. The molecule has 0 aliphatic carbocycles. The van der Waals surface area contributed by atoms with E-state index in [1.807, 2.05) is 20.8 Å². The van der Waals surface area contributed by atoms with Crippen LogP contribution in [0.25, 0.3) is 0 Å². The van der Waals surface area contributed by atoms with Crippen molar-refractivity contribution in [2.45, 2.75) is 33.2 Å². The maximum atomic E-state index is 12.3. The summed E-state index contributed by atoms with van der Waals surface area (Å²) in [5, 5.41) is 2.83. The van der Waals surface area contributed by atoms with Crippen molar-refractivity contribution in [3.63, 3.8) is 0 Å². The normalized spacial score (nSPS) is 10.8. The lowest BCUT2D eigenvalue weighted by atomic mass is 10.1. The topological polar surface area (TPSA) is 49.4 Å². The summed E-state index contributed by atoms with van der Waals surface area (Å²) >= 11 is 0. The Bertz CT molecular complexity index is 498. The molecule has 4 heteroatoms. The fraction of sp³-hybridized carbons (Fsp3) is 0.375. The van der Waals surface area contributed by atoms with Crippen LogP contribution >= 0.6 is 0 Å². The molecule has 1 rings (SSSR count). The van der Waals surface area contributed by atoms with Crippen LogP contribution in [-0.4, -0.2) is 28.8 Å². The van der Waals surface area contributed by atoms with E-state index in [0.717, 1.165) is 0 Å². The number of carbonyl (C=O) groups is 2. The lowest BCUT2D eigenvalue weighted by molar-refractivity contribution is 0.101. The Hall–Kier alpha value is -2.10. The number of nitrogens with zero attached hydrogens (tertiary/aromatic N) is 1. The Balaban J connectivity index is 2.82. The first-order valence-corrected chi connectivity index (χ1v) is 6.56. The molecule has 0 fully saturated rings. The molecule has 20 heavy (non-hydrogen) atoms. The van der Waals surface area contributed by atoms with Crippen LogP contribution in [0.5, 0.6) is 0 Å². The standard InChI is InChI=1S/C16H22N2O2/c1-6-11-18(16(3,4)5)15(20)17-14-9-7-13(8-10-14)12(2)19/h6-10H,1,11H2,2-5H3,(H,17,20). The first kappa shape index (κ1) is 16.0. The zero-order chi connectivity index (χ0) is 15.3. The van der Waals surface area contributed by atoms with Gasteiger partial charge in [-0.2, -0.15) is 0 Å². The van der Waals surface area contributed by atoms with E-state index < -0.39 is 0 Å². The largest absolute Gasteiger partial charge is 0.322 e. The number of urea groups is 1. The SMILES string of the molecule is C=CCN(C(=O)Nc1ccc(C(C)=O)cc1)C(C)(C)C. The van der Waals surface area contributed by atoms with Gasteiger partial charge in [-0.05, 0) is 52.0 Å². The first-order chi connectivity index (χ1) is 9.25. The number of amides is 2. The number of rotatable bonds is 4. The fourth-order valence-electron chi connectivity index (χ4n) is 1.77. The summed E-state index contributed by atoms with van der Waals surface area (Å²) in [6.45, 7) is 11.6. The number of hydrogen-bond donors (Lipinski definition) is 1. The molecule has 4 nitrogen and oxygen atoms in total. The molecule has 2 amide bonds. The molecule has 0 atom stereocenters. The molecule has 0 aliphatic heterocycles. The molecule has 0 saturated heterocycles. The molecule has 1 aromatic carbocycles. The monoisotopic (exact) mass is 274 g/mol. The van der Waals surface area contributed by atoms with Crippen LogP contribution in [0.1, 0.15) is 38.1 Å². The Morgan fingerprint density at radius 3 is 2.20 bits per heavy atom. The number of anilines is 1. The van der Waals surface area contributed by atoms with Gasteiger partial charge in [0.2, 0.25) is 0 Å². The van der Waals surface area contributed by atoms with Crippen LogP contribution in [0.2, 0.25) is 0 Å². The summed E-state index contributed by atoms with van der Waals surface area (Å²) in [5.41, 5.74) is 0.998. The van der Waals surface area contributed by atoms with Gasteiger partial charge in [0.05, 0.1) is 0 Å². The van der Waals surface area contributed by atoms with E-state index in [1.165, 1.54) is 6.92 Å². The number of hydrogen-bond acceptors (Lipinski definition) is 2. The van der Waals surface area contributed by atoms with Crippen molar-refractivity contribution in [3.8, 4) is 0 Å². The van der Waals surface area contributed by atoms with Crippen molar-refractivity contribution in [2.24, 2.45) is 0 Å². The van der Waals surface area contributed by atoms with Gasteiger partial charge in [-0.15, -0.1) is 6.58 Å². The molecular formula is C16H22N2O2. The van der Waals surface area contributed by atoms with Gasteiger partial charge in [-0.1, -0.05) is 6.08 Å². The molecule has 1 N–H and O–H groups in total. The highest BCUT2D eigenvalue weighted by molar-refractivity contribution is 5.95. The van der Waals surface area contributed by atoms with Crippen molar-refractivity contribution < 1.29 is 9.59 Å². The Morgan fingerprint density at radius 2 is 1.80 bits per heavy atom. The number of carbonyl (C=O) groups excluding carboxylic acids is 2. The maximum Gasteiger partial charge on any atom is 0.322 e. The lowest BCUT2D eigenvalue weighted by Crippen LogP contribution is -2.47. The highest BCUT2D eigenvalue weighted by atomic mass is 16.2. The Kier molecular flexibility index (Phi) is 5.08. The molecule has 1 aromatic rings. The molecule has 0 radical (unpaired) electrons. The van der Waals surface area contributed by atoms with Crippen LogP contribution < -0.4 is 5.32 Å². The third-order valence-electron chi connectivity index (χ3n) is 2.91. The second-order valence-corrected chi connectivity index (χ2v) is 5.63. The molecule has 0 aromatic heterocycles. The zero-order valence-electron chi connectivity index (χ0n) is 12.6. The van der Waals surface area contributed by atoms with Crippen molar-refractivity contribution in [3.05, 3.63) is 42.5 Å². The van der Waals surface area contributed by atoms with Crippen LogP contribution in [0.4, 0.5) is 10.5 Å². The molecular weight excluding hydrogens is 252 g/mol. The van der Waals surface area contributed by atoms with Crippen LogP contribution in [-0.2, 0) is 0 Å². The fourth-order valence-corrected chi connectivity index (χ4v) is 1.77. The zero-order valence-corrected chi connectivity index (χ0v) is 12.6. The molecule has 0 heterocycles. The molecule has 0 bridgehead atoms. The van der Waals surface area contributed by atoms with E-state index in [0.29, 0.717) is 17.8 Å². The maximum absolute atomic E-state index is 12.3. The Labute approximate surface area is 120 Å². The minimum absolute atomic E-state index is 0.00542. The number of ketones is 1. The highest BCUT2D eigenvalue weighted by Crippen LogP contribution is 2.16. The summed E-state index contributed by atoms with van der Waals surface area (Å²) in [5.74, 6) is 0.00542. The summed E-state index contributed by atoms with van der Waals surface area (Å²) < 4.78 is 0. The van der Waals surface area contributed by atoms with Crippen molar-refractivity contribution in [2.75, 3.05) is 11.9 Å². The minimum atomic E-state index is -0.294. The van der Waals surface area contributed by atoms with Gasteiger partial charge in [0.15, 0.2) is 5.78 Å². The lowest BCUT2D eigenvalue weighted by Gasteiger charge is -2.34. The van der Waals surface area contributed by atoms with Gasteiger partial charge in [-0.3, -0.25) is 4.79 Å². The highest BCUT2D eigenvalue weighted by Gasteiger charge is 2.25. The van der Waals surface area contributed by atoms with Crippen LogP contribution in [0.15, 0.2) is 36.9 Å². The molecule has 0 saturated carbocycles. The van der Waals surface area contributed by atoms with Gasteiger partial charge in [0, 0.05) is 23.3 Å². The minimum Gasteiger partial charge on any atom is -0.316 e. The van der Waals surface area contributed by atoms with Crippen LogP contribution in [0, 0.1) is 0 Å². The van der Waals surface area contributed by atoms with E-state index in [1.54, 1.807) is 35.2 Å². The quantitative estimate of drug-likeness (QED) is 0.672. The molecule has 0 spiro atoms. The van der Waals surface area contributed by atoms with Gasteiger partial charge in [-0.25, -0.2) is 4.79 Å².